The van der Waals surface area contributed by atoms with Crippen molar-refractivity contribution in [2.75, 3.05) is 13.1 Å². The van der Waals surface area contributed by atoms with E-state index in [-0.39, 0.29) is 17.8 Å². The number of carbonyl (C=O) groups is 1. The molecule has 0 spiro atoms. The Morgan fingerprint density at radius 3 is 2.90 bits per heavy atom. The summed E-state index contributed by atoms with van der Waals surface area (Å²) in [6, 6.07) is 5.57. The number of amides is 1. The Morgan fingerprint density at radius 2 is 2.10 bits per heavy atom. The summed E-state index contributed by atoms with van der Waals surface area (Å²) < 4.78 is 8.85. The van der Waals surface area contributed by atoms with Crippen LogP contribution in [0.5, 0.6) is 0 Å². The van der Waals surface area contributed by atoms with Crippen LogP contribution >= 0.6 is 0 Å². The Kier molecular flexibility index (Phi) is 4.31. The van der Waals surface area contributed by atoms with Gasteiger partial charge in [-0.25, -0.2) is 24.1 Å². The summed E-state index contributed by atoms with van der Waals surface area (Å²) in [6.45, 7) is 6.41. The third-order valence-electron chi connectivity index (χ3n) is 5.30. The number of pyridine rings is 1. The number of fused-ring (bicyclic) bond motifs is 2. The molecule has 1 aliphatic rings. The predicted molar refractivity (Wildman–Crippen MR) is 114 cm³/mol. The van der Waals surface area contributed by atoms with Crippen LogP contribution in [0.25, 0.3) is 28.1 Å². The molecule has 5 rings (SSSR count). The molecule has 0 unspecified atom stereocenters. The van der Waals surface area contributed by atoms with Crippen LogP contribution in [0.1, 0.15) is 33.2 Å². The summed E-state index contributed by atoms with van der Waals surface area (Å²) in [4.78, 5) is 38.7. The minimum absolute atomic E-state index is 0.194. The highest BCUT2D eigenvalue weighted by Gasteiger charge is 2.32. The van der Waals surface area contributed by atoms with E-state index >= 15 is 0 Å². The number of aromatic nitrogens is 6. The Morgan fingerprint density at radius 1 is 1.26 bits per heavy atom. The average molecular weight is 421 g/mol. The smallest absolute Gasteiger partial charge is 0.410 e. The lowest BCUT2D eigenvalue weighted by molar-refractivity contribution is 0.0289. The fourth-order valence-electron chi connectivity index (χ4n) is 3.94. The molecule has 1 aliphatic heterocycles. The van der Waals surface area contributed by atoms with Gasteiger partial charge in [0.05, 0.1) is 29.5 Å². The highest BCUT2D eigenvalue weighted by Crippen LogP contribution is 2.27. The standard InChI is InChI=1S/C21H23N7O3/c1-21(2,3)31-20(30)26-9-7-13(12-26)28-18-15(24-19(28)29)11-22-17(25-18)14-10-23-27-8-5-4-6-16(14)27/h4-6,8,10-11,13H,7,9,12H2,1-3H3,(H,24,29)/t13-/m0/s1. The predicted octanol–water partition coefficient (Wildman–Crippen LogP) is 2.62. The number of imidazole rings is 1. The molecule has 1 saturated heterocycles. The number of likely N-dealkylation sites (tertiary alicyclic amines) is 1. The van der Waals surface area contributed by atoms with E-state index in [4.69, 9.17) is 9.72 Å². The second-order valence-corrected chi connectivity index (χ2v) is 8.69. The van der Waals surface area contributed by atoms with Crippen LogP contribution in [-0.2, 0) is 4.74 Å². The van der Waals surface area contributed by atoms with Crippen LogP contribution in [0.15, 0.2) is 41.6 Å². The number of carbonyl (C=O) groups excluding carboxylic acids is 1. The van der Waals surface area contributed by atoms with Crippen molar-refractivity contribution in [2.45, 2.75) is 38.8 Å². The first-order valence-corrected chi connectivity index (χ1v) is 10.2. The molecule has 5 heterocycles. The van der Waals surface area contributed by atoms with Crippen molar-refractivity contribution >= 4 is 22.8 Å². The second-order valence-electron chi connectivity index (χ2n) is 8.69. The zero-order chi connectivity index (χ0) is 21.8. The van der Waals surface area contributed by atoms with Gasteiger partial charge in [-0.2, -0.15) is 5.10 Å². The Bertz CT molecular complexity index is 1340. The van der Waals surface area contributed by atoms with Gasteiger partial charge in [0.15, 0.2) is 11.5 Å². The summed E-state index contributed by atoms with van der Waals surface area (Å²) in [5.74, 6) is 0.489. The summed E-state index contributed by atoms with van der Waals surface area (Å²) in [7, 11) is 0. The van der Waals surface area contributed by atoms with Crippen molar-refractivity contribution in [3.05, 3.63) is 47.3 Å². The largest absolute Gasteiger partial charge is 0.444 e. The normalized spacial score (nSPS) is 17.0. The molecule has 1 atom stereocenters. The molecule has 1 fully saturated rings. The highest BCUT2D eigenvalue weighted by molar-refractivity contribution is 5.79. The zero-order valence-corrected chi connectivity index (χ0v) is 17.6. The number of rotatable bonds is 2. The molecule has 0 radical (unpaired) electrons. The van der Waals surface area contributed by atoms with E-state index in [0.29, 0.717) is 36.5 Å². The zero-order valence-electron chi connectivity index (χ0n) is 17.6. The van der Waals surface area contributed by atoms with E-state index in [9.17, 15) is 9.59 Å². The lowest BCUT2D eigenvalue weighted by atomic mass is 10.2. The van der Waals surface area contributed by atoms with Gasteiger partial charge in [0.2, 0.25) is 0 Å². The number of hydrogen-bond acceptors (Lipinski definition) is 6. The van der Waals surface area contributed by atoms with Gasteiger partial charge in [0.1, 0.15) is 11.1 Å². The molecular weight excluding hydrogens is 398 g/mol. The van der Waals surface area contributed by atoms with E-state index in [0.717, 1.165) is 11.1 Å². The van der Waals surface area contributed by atoms with Gasteiger partial charge in [0.25, 0.3) is 0 Å². The van der Waals surface area contributed by atoms with Crippen LogP contribution < -0.4 is 5.69 Å². The molecule has 4 aromatic rings. The van der Waals surface area contributed by atoms with Gasteiger partial charge in [-0.1, -0.05) is 6.07 Å². The Labute approximate surface area is 177 Å². The fraction of sp³-hybridized carbons (Fsp3) is 0.381. The number of ether oxygens (including phenoxy) is 1. The molecule has 1 N–H and O–H groups in total. The van der Waals surface area contributed by atoms with E-state index in [2.05, 4.69) is 15.1 Å². The van der Waals surface area contributed by atoms with Crippen molar-refractivity contribution in [1.29, 1.82) is 0 Å². The van der Waals surface area contributed by atoms with E-state index in [1.807, 2.05) is 45.2 Å². The van der Waals surface area contributed by atoms with E-state index in [1.54, 1.807) is 26.4 Å². The Balaban J connectivity index is 1.50. The van der Waals surface area contributed by atoms with Crippen LogP contribution in [0.4, 0.5) is 4.79 Å². The molecule has 31 heavy (non-hydrogen) atoms. The molecule has 160 valence electrons. The first kappa shape index (κ1) is 19.3. The van der Waals surface area contributed by atoms with Crippen molar-refractivity contribution < 1.29 is 9.53 Å². The summed E-state index contributed by atoms with van der Waals surface area (Å²) in [5.41, 5.74) is 1.90. The maximum Gasteiger partial charge on any atom is 0.410 e. The van der Waals surface area contributed by atoms with Crippen LogP contribution in [0.2, 0.25) is 0 Å². The molecule has 10 nitrogen and oxygen atoms in total. The van der Waals surface area contributed by atoms with Crippen LogP contribution in [0, 0.1) is 0 Å². The van der Waals surface area contributed by atoms with Crippen molar-refractivity contribution in [3.8, 4) is 11.4 Å². The van der Waals surface area contributed by atoms with E-state index in [1.165, 1.54) is 0 Å². The first-order valence-electron chi connectivity index (χ1n) is 10.2. The summed E-state index contributed by atoms with van der Waals surface area (Å²) >= 11 is 0. The van der Waals surface area contributed by atoms with Gasteiger partial charge in [0, 0.05) is 19.3 Å². The molecule has 1 amide bonds. The number of aromatic amines is 1. The third kappa shape index (κ3) is 3.43. The highest BCUT2D eigenvalue weighted by atomic mass is 16.6. The molecule has 4 aromatic heterocycles. The minimum atomic E-state index is -0.566. The maximum absolute atomic E-state index is 12.7. The molecule has 10 heteroatoms. The van der Waals surface area contributed by atoms with Crippen LogP contribution in [0.3, 0.4) is 0 Å². The van der Waals surface area contributed by atoms with Crippen molar-refractivity contribution in [1.82, 2.24) is 34.0 Å². The van der Waals surface area contributed by atoms with Gasteiger partial charge in [-0.05, 0) is 39.3 Å². The summed E-state index contributed by atoms with van der Waals surface area (Å²) in [6.07, 6.45) is 5.45. The number of hydrogen-bond donors (Lipinski definition) is 1. The quantitative estimate of drug-likeness (QED) is 0.533. The lowest BCUT2D eigenvalue weighted by Crippen LogP contribution is -2.36. The topological polar surface area (TPSA) is 110 Å². The molecular formula is C21H23N7O3. The average Bonchev–Trinajstić information content (AvgIpc) is 3.42. The van der Waals surface area contributed by atoms with E-state index < -0.39 is 5.60 Å². The number of nitrogens with zero attached hydrogens (tertiary/aromatic N) is 6. The lowest BCUT2D eigenvalue weighted by Gasteiger charge is -2.24. The van der Waals surface area contributed by atoms with Gasteiger partial charge in [-0.3, -0.25) is 4.57 Å². The second kappa shape index (κ2) is 6.93. The van der Waals surface area contributed by atoms with Crippen LogP contribution in [-0.4, -0.2) is 58.8 Å². The molecule has 0 aliphatic carbocycles. The third-order valence-corrected chi connectivity index (χ3v) is 5.30. The molecule has 0 bridgehead atoms. The fourth-order valence-corrected chi connectivity index (χ4v) is 3.94. The molecule has 0 aromatic carbocycles. The van der Waals surface area contributed by atoms with Gasteiger partial charge < -0.3 is 14.6 Å². The number of H-pyrrole nitrogens is 1. The van der Waals surface area contributed by atoms with Gasteiger partial charge in [-0.15, -0.1) is 0 Å². The Hall–Kier alpha value is -3.69. The maximum atomic E-state index is 12.7. The monoisotopic (exact) mass is 421 g/mol. The summed E-state index contributed by atoms with van der Waals surface area (Å²) in [5, 5.41) is 4.34. The first-order chi connectivity index (χ1) is 14.8. The van der Waals surface area contributed by atoms with Crippen molar-refractivity contribution in [3.63, 3.8) is 0 Å². The SMILES string of the molecule is CC(C)(C)OC(=O)N1CC[C@H](n2c(=O)[nH]c3cnc(-c4cnn5ccccc45)nc32)C1. The van der Waals surface area contributed by atoms with Gasteiger partial charge >= 0.3 is 11.8 Å². The van der Waals surface area contributed by atoms with Crippen molar-refractivity contribution in [2.24, 2.45) is 0 Å². The number of nitrogens with one attached hydrogen (secondary N) is 1. The molecule has 0 saturated carbocycles. The minimum Gasteiger partial charge on any atom is -0.444 e.